The van der Waals surface area contributed by atoms with E-state index in [4.69, 9.17) is 4.74 Å². The quantitative estimate of drug-likeness (QED) is 0.660. The summed E-state index contributed by atoms with van der Waals surface area (Å²) in [6.07, 6.45) is 6.02. The molecule has 1 aromatic heterocycles. The van der Waals surface area contributed by atoms with Crippen LogP contribution in [-0.4, -0.2) is 52.3 Å². The summed E-state index contributed by atoms with van der Waals surface area (Å²) in [5, 5.41) is 1.13. The van der Waals surface area contributed by atoms with Crippen molar-refractivity contribution in [1.29, 1.82) is 0 Å². The zero-order chi connectivity index (χ0) is 22.5. The Kier molecular flexibility index (Phi) is 4.89. The molecular weight excluding hydrogens is 414 g/mol. The van der Waals surface area contributed by atoms with Gasteiger partial charge in [0.1, 0.15) is 24.4 Å². The summed E-state index contributed by atoms with van der Waals surface area (Å²) in [4.78, 5) is 34.9. The molecule has 2 aromatic carbocycles. The maximum absolute atomic E-state index is 13.9. The Hall–Kier alpha value is -3.28. The molecule has 2 fully saturated rings. The zero-order valence-corrected chi connectivity index (χ0v) is 18.9. The molecule has 1 saturated carbocycles. The molecule has 170 valence electrons. The summed E-state index contributed by atoms with van der Waals surface area (Å²) >= 11 is 0. The lowest BCUT2D eigenvalue weighted by Crippen LogP contribution is -2.65. The summed E-state index contributed by atoms with van der Waals surface area (Å²) in [5.41, 5.74) is 4.06. The normalized spacial score (nSPS) is 23.5. The molecule has 1 N–H and O–H groups in total. The highest BCUT2D eigenvalue weighted by atomic mass is 16.5. The molecule has 2 atom stereocenters. The highest BCUT2D eigenvalue weighted by Gasteiger charge is 2.50. The summed E-state index contributed by atoms with van der Waals surface area (Å²) in [6.45, 7) is 0.168. The predicted octanol–water partition coefficient (Wildman–Crippen LogP) is 4.19. The van der Waals surface area contributed by atoms with Crippen LogP contribution in [0, 0.1) is 0 Å². The molecule has 6 nitrogen and oxygen atoms in total. The largest absolute Gasteiger partial charge is 0.496 e. The summed E-state index contributed by atoms with van der Waals surface area (Å²) in [5.74, 6) is 0.838. The Morgan fingerprint density at radius 2 is 1.73 bits per heavy atom. The van der Waals surface area contributed by atoms with Gasteiger partial charge < -0.3 is 19.5 Å². The second-order valence-corrected chi connectivity index (χ2v) is 9.49. The number of para-hydroxylation sites is 2. The second kappa shape index (κ2) is 7.94. The van der Waals surface area contributed by atoms with Gasteiger partial charge in [-0.25, -0.2) is 0 Å². The van der Waals surface area contributed by atoms with Gasteiger partial charge in [0.2, 0.25) is 11.8 Å². The number of carbonyl (C=O) groups excluding carboxylic acids is 2. The van der Waals surface area contributed by atoms with Gasteiger partial charge in [0, 0.05) is 34.6 Å². The van der Waals surface area contributed by atoms with Crippen LogP contribution in [0.25, 0.3) is 10.9 Å². The van der Waals surface area contributed by atoms with Gasteiger partial charge >= 0.3 is 0 Å². The highest BCUT2D eigenvalue weighted by Crippen LogP contribution is 2.45. The molecule has 6 rings (SSSR count). The first kappa shape index (κ1) is 20.3. The average molecular weight is 444 g/mol. The van der Waals surface area contributed by atoms with Crippen LogP contribution in [0.4, 0.5) is 0 Å². The number of ether oxygens (including phenoxy) is 1. The van der Waals surface area contributed by atoms with Crippen LogP contribution in [0.1, 0.15) is 55.0 Å². The molecule has 2 aliphatic heterocycles. The first-order chi connectivity index (χ1) is 16.2. The van der Waals surface area contributed by atoms with Gasteiger partial charge in [0.25, 0.3) is 0 Å². The van der Waals surface area contributed by atoms with Crippen LogP contribution in [0.15, 0.2) is 48.5 Å². The van der Waals surface area contributed by atoms with Crippen molar-refractivity contribution in [3.63, 3.8) is 0 Å². The lowest BCUT2D eigenvalue weighted by atomic mass is 9.84. The van der Waals surface area contributed by atoms with Crippen molar-refractivity contribution in [2.75, 3.05) is 13.7 Å². The third-order valence-corrected chi connectivity index (χ3v) is 7.74. The number of aromatic nitrogens is 1. The Labute approximate surface area is 193 Å². The first-order valence-electron chi connectivity index (χ1n) is 12.0. The number of nitrogens with one attached hydrogen (secondary N) is 1. The second-order valence-electron chi connectivity index (χ2n) is 9.49. The van der Waals surface area contributed by atoms with Crippen LogP contribution in [0.2, 0.25) is 0 Å². The summed E-state index contributed by atoms with van der Waals surface area (Å²) < 4.78 is 5.70. The number of fused-ring (bicyclic) bond motifs is 4. The van der Waals surface area contributed by atoms with Crippen molar-refractivity contribution < 1.29 is 14.3 Å². The molecule has 2 amide bonds. The number of hydrogen-bond donors (Lipinski definition) is 1. The van der Waals surface area contributed by atoms with Crippen LogP contribution in [-0.2, 0) is 16.0 Å². The third kappa shape index (κ3) is 3.15. The molecule has 0 radical (unpaired) electrons. The van der Waals surface area contributed by atoms with Crippen molar-refractivity contribution in [2.45, 2.75) is 56.7 Å². The monoisotopic (exact) mass is 443 g/mol. The van der Waals surface area contributed by atoms with E-state index >= 15 is 0 Å². The molecule has 6 heteroatoms. The van der Waals surface area contributed by atoms with E-state index in [0.29, 0.717) is 6.42 Å². The standard InChI is InChI=1S/C27H29N3O3/c1-33-23-14-8-6-12-19(23)26-25-20(18-11-5-7-13-21(18)28-25)15-22-27(32)29(16-24(31)30(22)26)17-9-3-2-4-10-17/h5-8,11-14,17,22,26,28H,2-4,9-10,15-16H2,1H3/t22-,26?/m0/s1. The van der Waals surface area contributed by atoms with E-state index in [-0.39, 0.29) is 30.4 Å². The van der Waals surface area contributed by atoms with Gasteiger partial charge in [-0.3, -0.25) is 9.59 Å². The summed E-state index contributed by atoms with van der Waals surface area (Å²) in [6, 6.07) is 15.3. The number of carbonyl (C=O) groups is 2. The van der Waals surface area contributed by atoms with Crippen molar-refractivity contribution in [2.24, 2.45) is 0 Å². The van der Waals surface area contributed by atoms with Gasteiger partial charge in [0.05, 0.1) is 7.11 Å². The molecule has 1 aliphatic carbocycles. The fraction of sp³-hybridized carbons (Fsp3) is 0.407. The number of aromatic amines is 1. The lowest BCUT2D eigenvalue weighted by Gasteiger charge is -2.49. The fourth-order valence-corrected chi connectivity index (χ4v) is 6.21. The van der Waals surface area contributed by atoms with Gasteiger partial charge in [0.15, 0.2) is 0 Å². The Bertz CT molecular complexity index is 1230. The average Bonchev–Trinajstić information content (AvgIpc) is 3.24. The van der Waals surface area contributed by atoms with Crippen molar-refractivity contribution in [1.82, 2.24) is 14.8 Å². The van der Waals surface area contributed by atoms with E-state index in [1.807, 2.05) is 46.2 Å². The van der Waals surface area contributed by atoms with Crippen LogP contribution < -0.4 is 4.74 Å². The van der Waals surface area contributed by atoms with Crippen LogP contribution in [0.3, 0.4) is 0 Å². The number of H-pyrrole nitrogens is 1. The van der Waals surface area contributed by atoms with Gasteiger partial charge in [-0.2, -0.15) is 0 Å². The van der Waals surface area contributed by atoms with Crippen molar-refractivity contribution in [3.8, 4) is 5.75 Å². The first-order valence-corrected chi connectivity index (χ1v) is 12.0. The van der Waals surface area contributed by atoms with Crippen LogP contribution >= 0.6 is 0 Å². The van der Waals surface area contributed by atoms with E-state index < -0.39 is 6.04 Å². The highest BCUT2D eigenvalue weighted by molar-refractivity contribution is 5.98. The fourth-order valence-electron chi connectivity index (χ4n) is 6.21. The molecule has 3 aromatic rings. The minimum atomic E-state index is -0.491. The molecule has 3 heterocycles. The van der Waals surface area contributed by atoms with Gasteiger partial charge in [-0.05, 0) is 30.5 Å². The molecule has 33 heavy (non-hydrogen) atoms. The smallest absolute Gasteiger partial charge is 0.246 e. The Morgan fingerprint density at radius 3 is 2.55 bits per heavy atom. The van der Waals surface area contributed by atoms with E-state index in [1.165, 1.54) is 6.42 Å². The van der Waals surface area contributed by atoms with E-state index in [9.17, 15) is 9.59 Å². The lowest BCUT2D eigenvalue weighted by molar-refractivity contribution is -0.161. The van der Waals surface area contributed by atoms with E-state index in [1.54, 1.807) is 7.11 Å². The number of hydrogen-bond acceptors (Lipinski definition) is 3. The number of amides is 2. The topological polar surface area (TPSA) is 65.6 Å². The summed E-state index contributed by atoms with van der Waals surface area (Å²) in [7, 11) is 1.65. The van der Waals surface area contributed by atoms with Crippen molar-refractivity contribution in [3.05, 3.63) is 65.4 Å². The Morgan fingerprint density at radius 1 is 0.970 bits per heavy atom. The molecule has 1 saturated heterocycles. The number of piperazine rings is 1. The van der Waals surface area contributed by atoms with Crippen LogP contribution in [0.5, 0.6) is 5.75 Å². The third-order valence-electron chi connectivity index (χ3n) is 7.74. The molecule has 0 spiro atoms. The maximum atomic E-state index is 13.9. The van der Waals surface area contributed by atoms with Crippen molar-refractivity contribution >= 4 is 22.7 Å². The predicted molar refractivity (Wildman–Crippen MR) is 126 cm³/mol. The van der Waals surface area contributed by atoms with E-state index in [0.717, 1.165) is 59.2 Å². The number of nitrogens with zero attached hydrogens (tertiary/aromatic N) is 2. The minimum absolute atomic E-state index is 0.0189. The molecule has 0 bridgehead atoms. The number of benzene rings is 2. The minimum Gasteiger partial charge on any atom is -0.496 e. The molecule has 1 unspecified atom stereocenters. The molecule has 3 aliphatic rings. The number of rotatable bonds is 3. The maximum Gasteiger partial charge on any atom is 0.246 e. The molecular formula is C27H29N3O3. The van der Waals surface area contributed by atoms with E-state index in [2.05, 4.69) is 17.1 Å². The Balaban J connectivity index is 1.51. The SMILES string of the molecule is COc1ccccc1C1c2[nH]c3ccccc3c2C[C@H]2C(=O)N(C3CCCCC3)CC(=O)N12. The van der Waals surface area contributed by atoms with Gasteiger partial charge in [-0.1, -0.05) is 55.7 Å². The number of methoxy groups -OCH3 is 1. The zero-order valence-electron chi connectivity index (χ0n) is 18.9. The van der Waals surface area contributed by atoms with Gasteiger partial charge in [-0.15, -0.1) is 0 Å².